The Morgan fingerprint density at radius 1 is 1.17 bits per heavy atom. The normalized spacial score (nSPS) is 15.3. The van der Waals surface area contributed by atoms with E-state index < -0.39 is 5.97 Å². The van der Waals surface area contributed by atoms with E-state index in [4.69, 9.17) is 4.74 Å². The number of carbonyl (C=O) groups is 2. The zero-order chi connectivity index (χ0) is 16.5. The molecule has 0 bridgehead atoms. The minimum atomic E-state index is -0.521. The Kier molecular flexibility index (Phi) is 6.28. The quantitative estimate of drug-likeness (QED) is 0.454. The highest BCUT2D eigenvalue weighted by atomic mass is 16.5. The molecular weight excluding hydrogens is 296 g/mol. The van der Waals surface area contributed by atoms with E-state index in [0.29, 0.717) is 32.1 Å². The van der Waals surface area contributed by atoms with Crippen LogP contribution in [-0.4, -0.2) is 59.5 Å². The van der Waals surface area contributed by atoms with E-state index in [1.807, 2.05) is 11.8 Å². The van der Waals surface area contributed by atoms with E-state index in [0.717, 1.165) is 0 Å². The predicted octanol–water partition coefficient (Wildman–Crippen LogP) is 0.801. The molecule has 0 radical (unpaired) electrons. The van der Waals surface area contributed by atoms with Crippen LogP contribution >= 0.6 is 0 Å². The van der Waals surface area contributed by atoms with Crippen LogP contribution in [0.15, 0.2) is 42.8 Å². The molecule has 0 N–H and O–H groups in total. The summed E-state index contributed by atoms with van der Waals surface area (Å²) in [5.41, 5.74) is 0. The van der Waals surface area contributed by atoms with Gasteiger partial charge in [0.05, 0.1) is 0 Å². The molecule has 7 heteroatoms. The summed E-state index contributed by atoms with van der Waals surface area (Å²) in [5, 5.41) is 0. The number of carbonyl (C=O) groups excluding carboxylic acids is 2. The average Bonchev–Trinajstić information content (AvgIpc) is 2.61. The van der Waals surface area contributed by atoms with E-state index in [2.05, 4.69) is 9.97 Å². The summed E-state index contributed by atoms with van der Waals surface area (Å²) in [6.07, 6.45) is 9.77. The smallest absolute Gasteiger partial charge is 0.331 e. The lowest BCUT2D eigenvalue weighted by molar-refractivity contribution is -0.148. The molecule has 1 aromatic heterocycles. The fourth-order valence-corrected chi connectivity index (χ4v) is 2.13. The molecule has 1 fully saturated rings. The second kappa shape index (κ2) is 8.67. The first kappa shape index (κ1) is 16.7. The van der Waals surface area contributed by atoms with Gasteiger partial charge in [0.2, 0.25) is 5.95 Å². The maximum Gasteiger partial charge on any atom is 0.331 e. The first-order valence-electron chi connectivity index (χ1n) is 7.46. The fraction of sp³-hybridized carbons (Fsp3) is 0.375. The average molecular weight is 316 g/mol. The number of allylic oxidation sites excluding steroid dienone is 3. The Hall–Kier alpha value is -2.70. The van der Waals surface area contributed by atoms with Crippen LogP contribution in [0, 0.1) is 0 Å². The van der Waals surface area contributed by atoms with Crippen molar-refractivity contribution in [2.24, 2.45) is 0 Å². The number of aromatic nitrogens is 2. The largest absolute Gasteiger partial charge is 0.452 e. The van der Waals surface area contributed by atoms with Crippen molar-refractivity contribution < 1.29 is 14.3 Å². The summed E-state index contributed by atoms with van der Waals surface area (Å²) in [7, 11) is 0. The summed E-state index contributed by atoms with van der Waals surface area (Å²) >= 11 is 0. The van der Waals surface area contributed by atoms with Gasteiger partial charge in [0.25, 0.3) is 5.91 Å². The molecule has 23 heavy (non-hydrogen) atoms. The van der Waals surface area contributed by atoms with Crippen LogP contribution in [-0.2, 0) is 14.3 Å². The van der Waals surface area contributed by atoms with Crippen molar-refractivity contribution in [2.75, 3.05) is 37.7 Å². The molecule has 0 spiro atoms. The summed E-state index contributed by atoms with van der Waals surface area (Å²) in [6, 6.07) is 1.77. The molecule has 0 atom stereocenters. The number of esters is 1. The maximum atomic E-state index is 12.0. The minimum Gasteiger partial charge on any atom is -0.452 e. The van der Waals surface area contributed by atoms with Crippen molar-refractivity contribution in [1.82, 2.24) is 14.9 Å². The van der Waals surface area contributed by atoms with Gasteiger partial charge in [-0.15, -0.1) is 0 Å². The zero-order valence-corrected chi connectivity index (χ0v) is 13.1. The number of nitrogens with zero attached hydrogens (tertiary/aromatic N) is 4. The molecule has 2 rings (SSSR count). The van der Waals surface area contributed by atoms with Crippen LogP contribution in [0.1, 0.15) is 6.92 Å². The summed E-state index contributed by atoms with van der Waals surface area (Å²) < 4.78 is 4.93. The monoisotopic (exact) mass is 316 g/mol. The third-order valence-electron chi connectivity index (χ3n) is 3.34. The van der Waals surface area contributed by atoms with E-state index in [9.17, 15) is 9.59 Å². The van der Waals surface area contributed by atoms with Gasteiger partial charge in [0, 0.05) is 44.6 Å². The van der Waals surface area contributed by atoms with Gasteiger partial charge in [0.1, 0.15) is 0 Å². The van der Waals surface area contributed by atoms with Crippen molar-refractivity contribution in [3.8, 4) is 0 Å². The third-order valence-corrected chi connectivity index (χ3v) is 3.34. The molecule has 1 amide bonds. The van der Waals surface area contributed by atoms with Gasteiger partial charge in [-0.2, -0.15) is 0 Å². The second-order valence-electron chi connectivity index (χ2n) is 4.91. The Labute approximate surface area is 135 Å². The third kappa shape index (κ3) is 5.21. The molecule has 1 saturated heterocycles. The van der Waals surface area contributed by atoms with Gasteiger partial charge in [-0.3, -0.25) is 4.79 Å². The number of hydrogen-bond donors (Lipinski definition) is 0. The van der Waals surface area contributed by atoms with E-state index in [1.165, 1.54) is 6.08 Å². The number of hydrogen-bond acceptors (Lipinski definition) is 6. The number of anilines is 1. The van der Waals surface area contributed by atoms with Gasteiger partial charge in [0.15, 0.2) is 6.61 Å². The molecule has 2 heterocycles. The highest BCUT2D eigenvalue weighted by Gasteiger charge is 2.22. The van der Waals surface area contributed by atoms with Gasteiger partial charge >= 0.3 is 5.97 Å². The first-order chi connectivity index (χ1) is 11.2. The van der Waals surface area contributed by atoms with Crippen LogP contribution in [0.2, 0.25) is 0 Å². The van der Waals surface area contributed by atoms with Gasteiger partial charge in [-0.25, -0.2) is 14.8 Å². The number of rotatable bonds is 5. The van der Waals surface area contributed by atoms with Crippen LogP contribution in [0.25, 0.3) is 0 Å². The Morgan fingerprint density at radius 2 is 1.87 bits per heavy atom. The second-order valence-corrected chi connectivity index (χ2v) is 4.91. The van der Waals surface area contributed by atoms with Gasteiger partial charge < -0.3 is 14.5 Å². The molecule has 0 unspecified atom stereocenters. The highest BCUT2D eigenvalue weighted by Crippen LogP contribution is 2.09. The van der Waals surface area contributed by atoms with Crippen molar-refractivity contribution in [3.63, 3.8) is 0 Å². The molecule has 0 aliphatic carbocycles. The number of piperazine rings is 1. The lowest BCUT2D eigenvalue weighted by Gasteiger charge is -2.34. The Balaban J connectivity index is 1.74. The van der Waals surface area contributed by atoms with Crippen LogP contribution in [0.4, 0.5) is 5.95 Å². The zero-order valence-electron chi connectivity index (χ0n) is 13.1. The van der Waals surface area contributed by atoms with Gasteiger partial charge in [-0.05, 0) is 13.0 Å². The van der Waals surface area contributed by atoms with E-state index in [1.54, 1.807) is 41.6 Å². The summed E-state index contributed by atoms with van der Waals surface area (Å²) in [5.74, 6) is -0.0423. The van der Waals surface area contributed by atoms with Crippen molar-refractivity contribution in [2.45, 2.75) is 6.92 Å². The number of amides is 1. The summed E-state index contributed by atoms with van der Waals surface area (Å²) in [4.78, 5) is 35.5. The molecule has 1 aliphatic heterocycles. The van der Waals surface area contributed by atoms with Crippen LogP contribution in [0.3, 0.4) is 0 Å². The molecular formula is C16H20N4O3. The van der Waals surface area contributed by atoms with Crippen LogP contribution < -0.4 is 4.90 Å². The highest BCUT2D eigenvalue weighted by molar-refractivity contribution is 5.86. The van der Waals surface area contributed by atoms with Crippen molar-refractivity contribution in [1.29, 1.82) is 0 Å². The topological polar surface area (TPSA) is 75.6 Å². The molecule has 0 saturated carbocycles. The van der Waals surface area contributed by atoms with Crippen molar-refractivity contribution in [3.05, 3.63) is 42.8 Å². The molecule has 1 aliphatic rings. The number of ether oxygens (including phenoxy) is 1. The van der Waals surface area contributed by atoms with Gasteiger partial charge in [-0.1, -0.05) is 18.2 Å². The predicted molar refractivity (Wildman–Crippen MR) is 85.7 cm³/mol. The lowest BCUT2D eigenvalue weighted by atomic mass is 10.3. The fourth-order valence-electron chi connectivity index (χ4n) is 2.13. The molecule has 1 aromatic rings. The Bertz CT molecular complexity index is 578. The molecule has 122 valence electrons. The van der Waals surface area contributed by atoms with Crippen LogP contribution in [0.5, 0.6) is 0 Å². The molecule has 7 nitrogen and oxygen atoms in total. The molecule has 0 aromatic carbocycles. The maximum absolute atomic E-state index is 12.0. The standard InChI is InChI=1S/C16H20N4O3/c1-2-3-4-6-15(22)23-13-14(21)19-9-11-20(12-10-19)16-17-7-5-8-18-16/h2-8H,9-13H2,1H3/b3-2+,6-4+. The SMILES string of the molecule is C/C=C/C=C/C(=O)OCC(=O)N1CCN(c2ncccn2)CC1. The lowest BCUT2D eigenvalue weighted by Crippen LogP contribution is -2.50. The van der Waals surface area contributed by atoms with E-state index >= 15 is 0 Å². The Morgan fingerprint density at radius 3 is 2.52 bits per heavy atom. The minimum absolute atomic E-state index is 0.189. The van der Waals surface area contributed by atoms with E-state index in [-0.39, 0.29) is 12.5 Å². The first-order valence-corrected chi connectivity index (χ1v) is 7.46. The van der Waals surface area contributed by atoms with Crippen molar-refractivity contribution >= 4 is 17.8 Å². The summed E-state index contributed by atoms with van der Waals surface area (Å²) in [6.45, 7) is 4.04.